The fourth-order valence-electron chi connectivity index (χ4n) is 6.92. The molecule has 12 nitrogen and oxygen atoms in total. The summed E-state index contributed by atoms with van der Waals surface area (Å²) < 4.78 is 46.0. The van der Waals surface area contributed by atoms with E-state index in [0.717, 1.165) is 16.5 Å². The highest BCUT2D eigenvalue weighted by atomic mass is 19.1. The number of methoxy groups -OCH3 is 2. The summed E-state index contributed by atoms with van der Waals surface area (Å²) in [6.07, 6.45) is 5.08. The second-order valence-corrected chi connectivity index (χ2v) is 13.2. The zero-order valence-corrected chi connectivity index (χ0v) is 29.5. The summed E-state index contributed by atoms with van der Waals surface area (Å²) in [4.78, 5) is 25.5. The van der Waals surface area contributed by atoms with Gasteiger partial charge in [0.05, 0.1) is 18.7 Å². The first-order valence-corrected chi connectivity index (χ1v) is 17.4. The molecule has 7 rings (SSSR count). The zero-order chi connectivity index (χ0) is 37.0. The molecule has 2 atom stereocenters. The minimum absolute atomic E-state index is 0.0438. The van der Waals surface area contributed by atoms with Crippen molar-refractivity contribution in [3.63, 3.8) is 0 Å². The Bertz CT molecular complexity index is 2110. The first-order chi connectivity index (χ1) is 25.8. The molecular formula is C39H41F2N7O5. The van der Waals surface area contributed by atoms with Gasteiger partial charge in [-0.2, -0.15) is 5.10 Å². The number of nitrogens with zero attached hydrogens (tertiary/aromatic N) is 5. The molecule has 0 radical (unpaired) electrons. The summed E-state index contributed by atoms with van der Waals surface area (Å²) in [5.74, 6) is -0.314. The lowest BCUT2D eigenvalue weighted by atomic mass is 9.97. The fraction of sp³-hybridized carbons (Fsp3) is 0.333. The Hall–Kier alpha value is -5.28. The SMILES string of the molecule is COCCOc1cc(-c2n[nH]c3ccc(NC(O)[C@]4(OC)CCN(CC(=O)N5CC=C(c6ccc(-c7ncccn7)cc6F)CC5)C4)cc23)ccc1F. The minimum Gasteiger partial charge on any atom is -0.488 e. The number of benzene rings is 3. The molecule has 53 heavy (non-hydrogen) atoms. The Morgan fingerprint density at radius 1 is 1.02 bits per heavy atom. The maximum Gasteiger partial charge on any atom is 0.237 e. The van der Waals surface area contributed by atoms with Gasteiger partial charge in [0.25, 0.3) is 0 Å². The highest BCUT2D eigenvalue weighted by Gasteiger charge is 2.45. The third kappa shape index (κ3) is 7.76. The molecule has 0 spiro atoms. The van der Waals surface area contributed by atoms with Crippen molar-refractivity contribution in [1.82, 2.24) is 30.0 Å². The van der Waals surface area contributed by atoms with Crippen LogP contribution in [0.4, 0.5) is 14.5 Å². The summed E-state index contributed by atoms with van der Waals surface area (Å²) in [6.45, 7) is 2.44. The van der Waals surface area contributed by atoms with Crippen molar-refractivity contribution >= 4 is 28.1 Å². The number of aliphatic hydroxyl groups is 1. The first-order valence-electron chi connectivity index (χ1n) is 17.4. The van der Waals surface area contributed by atoms with E-state index < -0.39 is 17.6 Å². The van der Waals surface area contributed by atoms with Crippen LogP contribution in [0.25, 0.3) is 39.1 Å². The van der Waals surface area contributed by atoms with E-state index in [-0.39, 0.29) is 30.6 Å². The maximum absolute atomic E-state index is 15.1. The second-order valence-electron chi connectivity index (χ2n) is 13.2. The predicted octanol–water partition coefficient (Wildman–Crippen LogP) is 5.13. The molecule has 0 aliphatic carbocycles. The topological polar surface area (TPSA) is 138 Å². The molecule has 0 bridgehead atoms. The standard InChI is InChI=1S/C39H41F2N7O5/c1-51-18-19-53-34-21-26(5-8-31(34)40)36-30-22-28(6-9-33(30)45-46-36)44-38(50)39(52-2)12-17-47(24-39)23-35(49)48-15-10-25(11-16-48)29-7-4-27(20-32(29)41)37-42-13-3-14-43-37/h3-10,13-14,20-22,38,44,50H,11-12,15-19,23-24H2,1-2H3,(H,45,46)/t38?,39-/m0/s1. The molecular weight excluding hydrogens is 684 g/mol. The molecule has 2 aromatic heterocycles. The van der Waals surface area contributed by atoms with Gasteiger partial charge in [-0.15, -0.1) is 0 Å². The van der Waals surface area contributed by atoms with E-state index in [0.29, 0.717) is 79.5 Å². The number of H-pyrrole nitrogens is 1. The summed E-state index contributed by atoms with van der Waals surface area (Å²) in [6, 6.07) is 16.8. The van der Waals surface area contributed by atoms with Gasteiger partial charge in [-0.25, -0.2) is 18.7 Å². The normalized spacial score (nSPS) is 18.3. The Balaban J connectivity index is 0.970. The number of carbonyl (C=O) groups excluding carboxylic acids is 1. The van der Waals surface area contributed by atoms with Gasteiger partial charge in [-0.1, -0.05) is 18.2 Å². The largest absolute Gasteiger partial charge is 0.488 e. The van der Waals surface area contributed by atoms with Gasteiger partial charge in [0.2, 0.25) is 5.91 Å². The van der Waals surface area contributed by atoms with Crippen molar-refractivity contribution in [3.05, 3.63) is 96.3 Å². The zero-order valence-electron chi connectivity index (χ0n) is 29.5. The van der Waals surface area contributed by atoms with Gasteiger partial charge in [-0.05, 0) is 66.9 Å². The van der Waals surface area contributed by atoms with Gasteiger partial charge < -0.3 is 29.5 Å². The molecule has 1 saturated heterocycles. The molecule has 4 heterocycles. The highest BCUT2D eigenvalue weighted by Crippen LogP contribution is 2.34. The molecule has 14 heteroatoms. The van der Waals surface area contributed by atoms with Crippen LogP contribution >= 0.6 is 0 Å². The van der Waals surface area contributed by atoms with Crippen molar-refractivity contribution in [1.29, 1.82) is 0 Å². The van der Waals surface area contributed by atoms with Gasteiger partial charge in [0.15, 0.2) is 23.6 Å². The van der Waals surface area contributed by atoms with Crippen LogP contribution < -0.4 is 10.1 Å². The van der Waals surface area contributed by atoms with Gasteiger partial charge in [0.1, 0.15) is 23.7 Å². The Labute approximate surface area is 305 Å². The number of halogens is 2. The number of anilines is 1. The smallest absolute Gasteiger partial charge is 0.237 e. The number of amides is 1. The number of carbonyl (C=O) groups is 1. The molecule has 3 N–H and O–H groups in total. The molecule has 276 valence electrons. The van der Waals surface area contributed by atoms with Crippen molar-refractivity contribution in [2.75, 3.05) is 65.5 Å². The van der Waals surface area contributed by atoms with Gasteiger partial charge in [-0.3, -0.25) is 14.8 Å². The molecule has 1 amide bonds. The number of ether oxygens (including phenoxy) is 3. The van der Waals surface area contributed by atoms with Crippen LogP contribution in [0.3, 0.4) is 0 Å². The molecule has 1 unspecified atom stereocenters. The van der Waals surface area contributed by atoms with Crippen molar-refractivity contribution < 1.29 is 32.9 Å². The van der Waals surface area contributed by atoms with Crippen molar-refractivity contribution in [2.45, 2.75) is 24.7 Å². The number of aromatic amines is 1. The highest BCUT2D eigenvalue weighted by molar-refractivity contribution is 5.95. The average Bonchev–Trinajstić information content (AvgIpc) is 3.81. The quantitative estimate of drug-likeness (QED) is 0.111. The first kappa shape index (κ1) is 36.1. The number of hydrogen-bond donors (Lipinski definition) is 3. The monoisotopic (exact) mass is 725 g/mol. The van der Waals surface area contributed by atoms with Crippen LogP contribution in [0.1, 0.15) is 18.4 Å². The van der Waals surface area contributed by atoms with Gasteiger partial charge in [0, 0.05) is 80.6 Å². The molecule has 0 saturated carbocycles. The Morgan fingerprint density at radius 2 is 1.85 bits per heavy atom. The number of hydrogen-bond acceptors (Lipinski definition) is 10. The fourth-order valence-corrected chi connectivity index (χ4v) is 6.92. The third-order valence-corrected chi connectivity index (χ3v) is 9.92. The van der Waals surface area contributed by atoms with Crippen molar-refractivity contribution in [3.8, 4) is 28.4 Å². The number of nitrogens with one attached hydrogen (secondary N) is 2. The van der Waals surface area contributed by atoms with E-state index >= 15 is 4.39 Å². The summed E-state index contributed by atoms with van der Waals surface area (Å²) >= 11 is 0. The molecule has 1 fully saturated rings. The van der Waals surface area contributed by atoms with Crippen LogP contribution in [0, 0.1) is 11.6 Å². The van der Waals surface area contributed by atoms with Crippen LogP contribution in [-0.2, 0) is 14.3 Å². The van der Waals surface area contributed by atoms with Gasteiger partial charge >= 0.3 is 0 Å². The van der Waals surface area contributed by atoms with Crippen molar-refractivity contribution in [2.24, 2.45) is 0 Å². The van der Waals surface area contributed by atoms with Crippen LogP contribution in [0.5, 0.6) is 5.75 Å². The number of aliphatic hydroxyl groups excluding tert-OH is 1. The number of rotatable bonds is 13. The summed E-state index contributed by atoms with van der Waals surface area (Å²) in [5, 5.41) is 22.9. The number of aromatic nitrogens is 4. The van der Waals surface area contributed by atoms with Crippen LogP contribution in [0.15, 0.2) is 79.1 Å². The van der Waals surface area contributed by atoms with E-state index in [1.54, 1.807) is 55.8 Å². The van der Waals surface area contributed by atoms with Crippen LogP contribution in [0.2, 0.25) is 0 Å². The van der Waals surface area contributed by atoms with E-state index in [9.17, 15) is 14.3 Å². The molecule has 2 aliphatic rings. The number of fused-ring (bicyclic) bond motifs is 1. The summed E-state index contributed by atoms with van der Waals surface area (Å²) in [7, 11) is 3.11. The molecule has 2 aliphatic heterocycles. The number of likely N-dealkylation sites (tertiary alicyclic amines) is 1. The maximum atomic E-state index is 15.1. The lowest BCUT2D eigenvalue weighted by Crippen LogP contribution is -2.51. The lowest BCUT2D eigenvalue weighted by molar-refractivity contribution is -0.132. The van der Waals surface area contributed by atoms with E-state index in [2.05, 4.69) is 25.5 Å². The lowest BCUT2D eigenvalue weighted by Gasteiger charge is -2.34. The molecule has 3 aromatic carbocycles. The van der Waals surface area contributed by atoms with E-state index in [1.807, 2.05) is 35.2 Å². The predicted molar refractivity (Wildman–Crippen MR) is 196 cm³/mol. The summed E-state index contributed by atoms with van der Waals surface area (Å²) in [5.41, 5.74) is 3.66. The Morgan fingerprint density at radius 3 is 2.60 bits per heavy atom. The van der Waals surface area contributed by atoms with Crippen LogP contribution in [-0.4, -0.2) is 113 Å². The van der Waals surface area contributed by atoms with E-state index in [1.165, 1.54) is 12.1 Å². The average molecular weight is 726 g/mol. The van der Waals surface area contributed by atoms with E-state index in [4.69, 9.17) is 14.2 Å². The third-order valence-electron chi connectivity index (χ3n) is 9.92. The molecule has 5 aromatic rings. The second kappa shape index (κ2) is 15.8. The Kier molecular flexibility index (Phi) is 10.7. The minimum atomic E-state index is -1.10.